The van der Waals surface area contributed by atoms with Crippen LogP contribution in [-0.4, -0.2) is 18.3 Å². The van der Waals surface area contributed by atoms with Crippen molar-refractivity contribution in [2.75, 3.05) is 13.2 Å². The number of phenols is 1. The second-order valence-corrected chi connectivity index (χ2v) is 4.85. The number of phenolic OH excluding ortho intramolecular Hbond substituents is 1. The first-order chi connectivity index (χ1) is 8.29. The highest BCUT2D eigenvalue weighted by Crippen LogP contribution is 2.31. The fourth-order valence-corrected chi connectivity index (χ4v) is 2.57. The van der Waals surface area contributed by atoms with Gasteiger partial charge in [-0.1, -0.05) is 25.7 Å². The Morgan fingerprint density at radius 3 is 2.47 bits per heavy atom. The smallest absolute Gasteiger partial charge is 0.119 e. The quantitative estimate of drug-likeness (QED) is 0.824. The lowest BCUT2D eigenvalue weighted by atomic mass is 9.92. The number of nitrogens with two attached hydrogens (primary N) is 1. The maximum Gasteiger partial charge on any atom is 0.119 e. The van der Waals surface area contributed by atoms with Crippen LogP contribution in [0.25, 0.3) is 0 Å². The summed E-state index contributed by atoms with van der Waals surface area (Å²) in [5.41, 5.74) is 5.82. The molecule has 1 unspecified atom stereocenters. The Morgan fingerprint density at radius 1 is 1.24 bits per heavy atom. The summed E-state index contributed by atoms with van der Waals surface area (Å²) in [6.45, 7) is 1.38. The molecule has 1 aliphatic rings. The summed E-state index contributed by atoms with van der Waals surface area (Å²) in [6, 6.07) is 6.86. The van der Waals surface area contributed by atoms with Crippen molar-refractivity contribution < 1.29 is 9.84 Å². The zero-order chi connectivity index (χ0) is 12.1. The van der Waals surface area contributed by atoms with E-state index < -0.39 is 0 Å². The summed E-state index contributed by atoms with van der Waals surface area (Å²) in [5, 5.41) is 9.18. The maximum atomic E-state index is 9.18. The van der Waals surface area contributed by atoms with Crippen LogP contribution < -0.4 is 10.5 Å². The molecule has 0 bridgehead atoms. The van der Waals surface area contributed by atoms with Crippen LogP contribution in [0.2, 0.25) is 0 Å². The molecule has 0 amide bonds. The van der Waals surface area contributed by atoms with E-state index in [9.17, 15) is 5.11 Å². The van der Waals surface area contributed by atoms with E-state index in [1.807, 2.05) is 0 Å². The summed E-state index contributed by atoms with van der Waals surface area (Å²) < 4.78 is 5.74. The summed E-state index contributed by atoms with van der Waals surface area (Å²) >= 11 is 0. The van der Waals surface area contributed by atoms with E-state index in [0.717, 1.165) is 11.7 Å². The molecule has 0 heterocycles. The molecule has 1 atom stereocenters. The SMILES string of the molecule is NCC(COc1ccc(O)cc1)C1CCCC1. The molecule has 1 aromatic rings. The Balaban J connectivity index is 1.84. The van der Waals surface area contributed by atoms with Gasteiger partial charge in [0.05, 0.1) is 6.61 Å². The highest BCUT2D eigenvalue weighted by molar-refractivity contribution is 5.30. The zero-order valence-electron chi connectivity index (χ0n) is 10.1. The Morgan fingerprint density at radius 2 is 1.88 bits per heavy atom. The molecule has 0 radical (unpaired) electrons. The molecular formula is C14H21NO2. The maximum absolute atomic E-state index is 9.18. The second-order valence-electron chi connectivity index (χ2n) is 4.85. The Bertz CT molecular complexity index is 331. The fraction of sp³-hybridized carbons (Fsp3) is 0.571. The summed E-state index contributed by atoms with van der Waals surface area (Å²) in [7, 11) is 0. The lowest BCUT2D eigenvalue weighted by molar-refractivity contribution is 0.200. The number of aromatic hydroxyl groups is 1. The number of benzene rings is 1. The van der Waals surface area contributed by atoms with Gasteiger partial charge in [-0.3, -0.25) is 0 Å². The van der Waals surface area contributed by atoms with Crippen molar-refractivity contribution in [3.63, 3.8) is 0 Å². The minimum Gasteiger partial charge on any atom is -0.508 e. The molecule has 3 N–H and O–H groups in total. The summed E-state index contributed by atoms with van der Waals surface area (Å²) in [5.74, 6) is 2.27. The molecule has 0 saturated heterocycles. The van der Waals surface area contributed by atoms with E-state index in [0.29, 0.717) is 19.1 Å². The molecule has 1 aromatic carbocycles. The average Bonchev–Trinajstić information content (AvgIpc) is 2.86. The van der Waals surface area contributed by atoms with E-state index >= 15 is 0 Å². The first-order valence-electron chi connectivity index (χ1n) is 6.41. The van der Waals surface area contributed by atoms with Crippen molar-refractivity contribution in [1.29, 1.82) is 0 Å². The van der Waals surface area contributed by atoms with Crippen molar-refractivity contribution in [1.82, 2.24) is 0 Å². The third-order valence-corrected chi connectivity index (χ3v) is 3.67. The van der Waals surface area contributed by atoms with Crippen LogP contribution in [0.3, 0.4) is 0 Å². The predicted molar refractivity (Wildman–Crippen MR) is 68.1 cm³/mol. The van der Waals surface area contributed by atoms with Gasteiger partial charge >= 0.3 is 0 Å². The van der Waals surface area contributed by atoms with Gasteiger partial charge in [0.1, 0.15) is 11.5 Å². The first-order valence-corrected chi connectivity index (χ1v) is 6.41. The molecule has 1 aliphatic carbocycles. The molecule has 0 aliphatic heterocycles. The lowest BCUT2D eigenvalue weighted by Gasteiger charge is -2.21. The van der Waals surface area contributed by atoms with E-state index in [4.69, 9.17) is 10.5 Å². The van der Waals surface area contributed by atoms with Crippen molar-refractivity contribution in [3.8, 4) is 11.5 Å². The Kier molecular flexibility index (Phi) is 4.26. The Labute approximate surface area is 103 Å². The van der Waals surface area contributed by atoms with Gasteiger partial charge in [0.2, 0.25) is 0 Å². The number of hydrogen-bond donors (Lipinski definition) is 2. The third-order valence-electron chi connectivity index (χ3n) is 3.67. The van der Waals surface area contributed by atoms with Crippen LogP contribution >= 0.6 is 0 Å². The molecular weight excluding hydrogens is 214 g/mol. The van der Waals surface area contributed by atoms with Gasteiger partial charge in [0.25, 0.3) is 0 Å². The van der Waals surface area contributed by atoms with Gasteiger partial charge in [-0.25, -0.2) is 0 Å². The summed E-state index contributed by atoms with van der Waals surface area (Å²) in [4.78, 5) is 0. The van der Waals surface area contributed by atoms with E-state index in [2.05, 4.69) is 0 Å². The number of hydrogen-bond acceptors (Lipinski definition) is 3. The minimum absolute atomic E-state index is 0.267. The van der Waals surface area contributed by atoms with Crippen LogP contribution in [0.4, 0.5) is 0 Å². The predicted octanol–water partition coefficient (Wildman–Crippen LogP) is 2.54. The minimum atomic E-state index is 0.267. The highest BCUT2D eigenvalue weighted by Gasteiger charge is 2.24. The van der Waals surface area contributed by atoms with Gasteiger partial charge in [-0.15, -0.1) is 0 Å². The zero-order valence-corrected chi connectivity index (χ0v) is 10.1. The number of rotatable bonds is 5. The van der Waals surface area contributed by atoms with Gasteiger partial charge in [0.15, 0.2) is 0 Å². The normalized spacial score (nSPS) is 18.2. The van der Waals surface area contributed by atoms with Crippen molar-refractivity contribution in [3.05, 3.63) is 24.3 Å². The topological polar surface area (TPSA) is 55.5 Å². The molecule has 0 aromatic heterocycles. The fourth-order valence-electron chi connectivity index (χ4n) is 2.57. The van der Waals surface area contributed by atoms with Gasteiger partial charge in [-0.2, -0.15) is 0 Å². The standard InChI is InChI=1S/C14H21NO2/c15-9-12(11-3-1-2-4-11)10-17-14-7-5-13(16)6-8-14/h5-8,11-12,16H,1-4,9-10,15H2. The molecule has 1 fully saturated rings. The van der Waals surface area contributed by atoms with Crippen LogP contribution in [0, 0.1) is 11.8 Å². The monoisotopic (exact) mass is 235 g/mol. The third kappa shape index (κ3) is 3.37. The van der Waals surface area contributed by atoms with Crippen LogP contribution in [-0.2, 0) is 0 Å². The molecule has 2 rings (SSSR count). The van der Waals surface area contributed by atoms with Crippen LogP contribution in [0.15, 0.2) is 24.3 Å². The van der Waals surface area contributed by atoms with Gasteiger partial charge in [0, 0.05) is 5.92 Å². The van der Waals surface area contributed by atoms with E-state index in [-0.39, 0.29) is 5.75 Å². The van der Waals surface area contributed by atoms with Crippen molar-refractivity contribution >= 4 is 0 Å². The van der Waals surface area contributed by atoms with Crippen molar-refractivity contribution in [2.45, 2.75) is 25.7 Å². The van der Waals surface area contributed by atoms with Crippen LogP contribution in [0.5, 0.6) is 11.5 Å². The first kappa shape index (κ1) is 12.2. The Hall–Kier alpha value is -1.22. The van der Waals surface area contributed by atoms with Gasteiger partial charge in [-0.05, 0) is 36.7 Å². The molecule has 1 saturated carbocycles. The van der Waals surface area contributed by atoms with E-state index in [1.54, 1.807) is 24.3 Å². The molecule has 3 heteroatoms. The second kappa shape index (κ2) is 5.92. The number of ether oxygens (including phenoxy) is 1. The molecule has 17 heavy (non-hydrogen) atoms. The largest absolute Gasteiger partial charge is 0.508 e. The molecule has 3 nitrogen and oxygen atoms in total. The summed E-state index contributed by atoms with van der Waals surface area (Å²) in [6.07, 6.45) is 5.25. The van der Waals surface area contributed by atoms with Crippen molar-refractivity contribution in [2.24, 2.45) is 17.6 Å². The molecule has 94 valence electrons. The molecule has 0 spiro atoms. The van der Waals surface area contributed by atoms with Gasteiger partial charge < -0.3 is 15.6 Å². The van der Waals surface area contributed by atoms with Crippen LogP contribution in [0.1, 0.15) is 25.7 Å². The highest BCUT2D eigenvalue weighted by atomic mass is 16.5. The van der Waals surface area contributed by atoms with E-state index in [1.165, 1.54) is 25.7 Å². The average molecular weight is 235 g/mol. The lowest BCUT2D eigenvalue weighted by Crippen LogP contribution is -2.27.